The summed E-state index contributed by atoms with van der Waals surface area (Å²) >= 11 is 0. The highest BCUT2D eigenvalue weighted by molar-refractivity contribution is 5.94. The lowest BCUT2D eigenvalue weighted by Gasteiger charge is -2.39. The Kier molecular flexibility index (Phi) is 8.89. The smallest absolute Gasteiger partial charge is 0.356 e. The third-order valence-corrected chi connectivity index (χ3v) is 8.33. The molecule has 3 aliphatic heterocycles. The van der Waals surface area contributed by atoms with Crippen molar-refractivity contribution in [2.75, 3.05) is 49.5 Å². The van der Waals surface area contributed by atoms with Crippen LogP contribution in [0.25, 0.3) is 0 Å². The predicted octanol–water partition coefficient (Wildman–Crippen LogP) is 5.45. The zero-order valence-corrected chi connectivity index (χ0v) is 22.5. The molecule has 3 fully saturated rings. The summed E-state index contributed by atoms with van der Waals surface area (Å²) < 4.78 is 38.6. The van der Waals surface area contributed by atoms with Crippen molar-refractivity contribution in [3.8, 4) is 0 Å². The Morgan fingerprint density at radius 1 is 0.846 bits per heavy atom. The van der Waals surface area contributed by atoms with Crippen molar-refractivity contribution in [1.29, 1.82) is 0 Å². The van der Waals surface area contributed by atoms with Gasteiger partial charge in [0.25, 0.3) is 5.91 Å². The number of piperidine rings is 1. The van der Waals surface area contributed by atoms with Gasteiger partial charge in [-0.2, -0.15) is 18.2 Å². The highest BCUT2D eigenvalue weighted by Crippen LogP contribution is 2.30. The number of hydrogen-bond donors (Lipinski definition) is 1. The first-order chi connectivity index (χ1) is 18.9. The van der Waals surface area contributed by atoms with Crippen molar-refractivity contribution >= 4 is 17.7 Å². The van der Waals surface area contributed by atoms with Crippen LogP contribution in [0, 0.1) is 0 Å². The first kappa shape index (κ1) is 27.7. The predicted molar refractivity (Wildman–Crippen MR) is 146 cm³/mol. The van der Waals surface area contributed by atoms with E-state index in [1.807, 2.05) is 12.3 Å². The quantitative estimate of drug-likeness (QED) is 0.540. The van der Waals surface area contributed by atoms with Crippen LogP contribution in [-0.4, -0.2) is 77.0 Å². The van der Waals surface area contributed by atoms with Gasteiger partial charge in [-0.15, -0.1) is 0 Å². The lowest BCUT2D eigenvalue weighted by atomic mass is 10.0. The number of nitrogens with one attached hydrogen (secondary N) is 1. The number of hydrogen-bond acceptors (Lipinski definition) is 6. The monoisotopic (exact) mass is 544 g/mol. The molecule has 3 aliphatic rings. The average Bonchev–Trinajstić information content (AvgIpc) is 3.36. The molecule has 1 atom stereocenters. The average molecular weight is 545 g/mol. The molecule has 0 saturated carbocycles. The molecular weight excluding hydrogens is 505 g/mol. The first-order valence-corrected chi connectivity index (χ1v) is 14.4. The van der Waals surface area contributed by atoms with Crippen LogP contribution in [0.3, 0.4) is 0 Å². The summed E-state index contributed by atoms with van der Waals surface area (Å²) in [6.45, 7) is 5.26. The highest BCUT2D eigenvalue weighted by atomic mass is 19.4. The second-order valence-electron chi connectivity index (χ2n) is 11.1. The number of benzene rings is 1. The maximum atomic E-state index is 12.9. The summed E-state index contributed by atoms with van der Waals surface area (Å²) in [7, 11) is 0. The SMILES string of the molecule is O=C(c1ccc(C(F)(F)F)cc1)N1CCC(N2CCCCC(Nc3nccc(N4CCCCCC4)n3)C2)CC1. The molecule has 39 heavy (non-hydrogen) atoms. The molecule has 0 bridgehead atoms. The number of carbonyl (C=O) groups is 1. The van der Waals surface area contributed by atoms with Gasteiger partial charge >= 0.3 is 6.18 Å². The Bertz CT molecular complexity index is 1080. The van der Waals surface area contributed by atoms with Gasteiger partial charge in [0.2, 0.25) is 5.95 Å². The molecule has 1 amide bonds. The summed E-state index contributed by atoms with van der Waals surface area (Å²) in [6.07, 6.45) is 7.51. The van der Waals surface area contributed by atoms with Crippen LogP contribution in [0.5, 0.6) is 0 Å². The first-order valence-electron chi connectivity index (χ1n) is 14.4. The van der Waals surface area contributed by atoms with Crippen LogP contribution < -0.4 is 10.2 Å². The number of alkyl halides is 3. The van der Waals surface area contributed by atoms with Gasteiger partial charge in [-0.3, -0.25) is 9.69 Å². The van der Waals surface area contributed by atoms with Gasteiger partial charge < -0.3 is 15.1 Å². The maximum absolute atomic E-state index is 12.9. The van der Waals surface area contributed by atoms with E-state index < -0.39 is 11.7 Å². The summed E-state index contributed by atoms with van der Waals surface area (Å²) in [6, 6.07) is 7.19. The number of aromatic nitrogens is 2. The van der Waals surface area contributed by atoms with Crippen LogP contribution >= 0.6 is 0 Å². The number of amides is 1. The second-order valence-corrected chi connectivity index (χ2v) is 11.1. The fourth-order valence-electron chi connectivity index (χ4n) is 6.12. The van der Waals surface area contributed by atoms with Gasteiger partial charge in [0.05, 0.1) is 5.56 Å². The van der Waals surface area contributed by atoms with Gasteiger partial charge in [-0.1, -0.05) is 19.3 Å². The molecule has 1 aromatic heterocycles. The second kappa shape index (κ2) is 12.5. The van der Waals surface area contributed by atoms with Crippen LogP contribution in [0.4, 0.5) is 24.9 Å². The summed E-state index contributed by atoms with van der Waals surface area (Å²) in [5, 5.41) is 3.61. The van der Waals surface area contributed by atoms with Gasteiger partial charge in [-0.25, -0.2) is 4.98 Å². The number of rotatable bonds is 5. The summed E-state index contributed by atoms with van der Waals surface area (Å²) in [4.78, 5) is 29.0. The topological polar surface area (TPSA) is 64.6 Å². The Hall–Kier alpha value is -2.88. The van der Waals surface area contributed by atoms with Crippen LogP contribution in [-0.2, 0) is 6.18 Å². The van der Waals surface area contributed by atoms with Crippen molar-refractivity contribution in [3.05, 3.63) is 47.7 Å². The number of halogens is 3. The molecule has 1 N–H and O–H groups in total. The van der Waals surface area contributed by atoms with Gasteiger partial charge in [0.15, 0.2) is 0 Å². The Labute approximate surface area is 228 Å². The molecule has 0 radical (unpaired) electrons. The molecule has 0 spiro atoms. The van der Waals surface area contributed by atoms with E-state index in [4.69, 9.17) is 4.98 Å². The van der Waals surface area contributed by atoms with Crippen molar-refractivity contribution in [1.82, 2.24) is 19.8 Å². The van der Waals surface area contributed by atoms with Crippen molar-refractivity contribution < 1.29 is 18.0 Å². The molecule has 1 unspecified atom stereocenters. The van der Waals surface area contributed by atoms with E-state index in [2.05, 4.69) is 20.1 Å². The summed E-state index contributed by atoms with van der Waals surface area (Å²) in [5.74, 6) is 1.50. The molecule has 4 heterocycles. The minimum atomic E-state index is -4.40. The van der Waals surface area contributed by atoms with Gasteiger partial charge in [0.1, 0.15) is 5.82 Å². The Morgan fingerprint density at radius 3 is 2.23 bits per heavy atom. The van der Waals surface area contributed by atoms with Crippen LogP contribution in [0.15, 0.2) is 36.5 Å². The minimum absolute atomic E-state index is 0.195. The van der Waals surface area contributed by atoms with E-state index in [1.165, 1.54) is 37.8 Å². The van der Waals surface area contributed by atoms with E-state index in [1.54, 1.807) is 4.90 Å². The molecule has 212 valence electrons. The molecule has 10 heteroatoms. The molecule has 3 saturated heterocycles. The van der Waals surface area contributed by atoms with Crippen molar-refractivity contribution in [2.24, 2.45) is 0 Å². The molecular formula is C29H39F3N6O. The zero-order valence-electron chi connectivity index (χ0n) is 22.5. The van der Waals surface area contributed by atoms with Crippen LogP contribution in [0.2, 0.25) is 0 Å². The molecule has 2 aromatic rings. The van der Waals surface area contributed by atoms with E-state index in [-0.39, 0.29) is 11.9 Å². The zero-order chi connectivity index (χ0) is 27.2. The van der Waals surface area contributed by atoms with E-state index in [0.717, 1.165) is 76.2 Å². The Morgan fingerprint density at radius 2 is 1.54 bits per heavy atom. The number of carbonyl (C=O) groups excluding carboxylic acids is 1. The van der Waals surface area contributed by atoms with E-state index in [0.29, 0.717) is 30.6 Å². The number of anilines is 2. The normalized spacial score (nSPS) is 22.3. The summed E-state index contributed by atoms with van der Waals surface area (Å²) in [5.41, 5.74) is -0.427. The highest BCUT2D eigenvalue weighted by Gasteiger charge is 2.32. The maximum Gasteiger partial charge on any atom is 0.416 e. The lowest BCUT2D eigenvalue weighted by molar-refractivity contribution is -0.137. The van der Waals surface area contributed by atoms with Gasteiger partial charge in [-0.05, 0) is 75.4 Å². The molecule has 0 aliphatic carbocycles. The fourth-order valence-corrected chi connectivity index (χ4v) is 6.12. The van der Waals surface area contributed by atoms with Crippen molar-refractivity contribution in [3.63, 3.8) is 0 Å². The molecule has 7 nitrogen and oxygen atoms in total. The molecule has 5 rings (SSSR count). The van der Waals surface area contributed by atoms with E-state index >= 15 is 0 Å². The third-order valence-electron chi connectivity index (χ3n) is 8.33. The third kappa shape index (κ3) is 7.21. The minimum Gasteiger partial charge on any atom is -0.356 e. The lowest BCUT2D eigenvalue weighted by Crippen LogP contribution is -2.49. The number of likely N-dealkylation sites (tertiary alicyclic amines) is 2. The van der Waals surface area contributed by atoms with Crippen LogP contribution in [0.1, 0.15) is 73.7 Å². The molecule has 1 aromatic carbocycles. The van der Waals surface area contributed by atoms with Crippen molar-refractivity contribution in [2.45, 2.75) is 76.0 Å². The number of nitrogens with zero attached hydrogens (tertiary/aromatic N) is 5. The standard InChI is InChI=1S/C29H39F3N6O/c30-29(31,32)23-10-8-22(9-11-23)27(39)37-19-13-25(14-20-37)38-18-6-3-7-24(21-38)34-28-33-15-12-26(35-28)36-16-4-1-2-5-17-36/h8-12,15,24-25H,1-7,13-14,16-21H2,(H,33,34,35). The van der Waals surface area contributed by atoms with Gasteiger partial charge in [0, 0.05) is 56.6 Å². The Balaban J connectivity index is 1.15. The largest absolute Gasteiger partial charge is 0.416 e. The van der Waals surface area contributed by atoms with E-state index in [9.17, 15) is 18.0 Å². The fraction of sp³-hybridized carbons (Fsp3) is 0.621.